The lowest BCUT2D eigenvalue weighted by Crippen LogP contribution is -2.26. The van der Waals surface area contributed by atoms with Crippen molar-refractivity contribution >= 4 is 5.69 Å². The predicted molar refractivity (Wildman–Crippen MR) is 64.4 cm³/mol. The van der Waals surface area contributed by atoms with Crippen molar-refractivity contribution in [3.63, 3.8) is 0 Å². The van der Waals surface area contributed by atoms with Crippen molar-refractivity contribution in [2.75, 3.05) is 32.2 Å². The quantitative estimate of drug-likeness (QED) is 0.836. The van der Waals surface area contributed by atoms with Crippen molar-refractivity contribution in [2.24, 2.45) is 5.73 Å². The Kier molecular flexibility index (Phi) is 3.19. The molecule has 4 nitrogen and oxygen atoms in total. The zero-order chi connectivity index (χ0) is 11.5. The molecular formula is C12H18N2O2. The highest BCUT2D eigenvalue weighted by Gasteiger charge is 2.24. The second-order valence-corrected chi connectivity index (χ2v) is 4.01. The summed E-state index contributed by atoms with van der Waals surface area (Å²) in [5.74, 6) is 1.68. The van der Waals surface area contributed by atoms with Gasteiger partial charge in [-0.1, -0.05) is 6.07 Å². The molecule has 1 aromatic rings. The van der Waals surface area contributed by atoms with Crippen LogP contribution < -0.4 is 20.1 Å². The third-order valence-corrected chi connectivity index (χ3v) is 2.94. The van der Waals surface area contributed by atoms with Gasteiger partial charge in [0.05, 0.1) is 14.2 Å². The monoisotopic (exact) mass is 222 g/mol. The minimum absolute atomic E-state index is 0.245. The summed E-state index contributed by atoms with van der Waals surface area (Å²) in [4.78, 5) is 2.22. The van der Waals surface area contributed by atoms with Crippen LogP contribution in [0.15, 0.2) is 18.2 Å². The Morgan fingerprint density at radius 1 is 1.25 bits per heavy atom. The van der Waals surface area contributed by atoms with Crippen molar-refractivity contribution in [2.45, 2.75) is 12.5 Å². The zero-order valence-electron chi connectivity index (χ0n) is 9.77. The summed E-state index contributed by atoms with van der Waals surface area (Å²) >= 11 is 0. The van der Waals surface area contributed by atoms with Crippen molar-refractivity contribution in [3.8, 4) is 11.5 Å². The number of benzene rings is 1. The SMILES string of the molecule is COc1cccc(OC)c1N1CCC(N)C1. The van der Waals surface area contributed by atoms with E-state index in [0.717, 1.165) is 36.7 Å². The van der Waals surface area contributed by atoms with Gasteiger partial charge in [-0.2, -0.15) is 0 Å². The van der Waals surface area contributed by atoms with E-state index in [0.29, 0.717) is 0 Å². The lowest BCUT2D eigenvalue weighted by molar-refractivity contribution is 0.394. The fourth-order valence-electron chi connectivity index (χ4n) is 2.13. The largest absolute Gasteiger partial charge is 0.494 e. The van der Waals surface area contributed by atoms with Gasteiger partial charge in [0.2, 0.25) is 0 Å². The number of methoxy groups -OCH3 is 2. The van der Waals surface area contributed by atoms with Crippen LogP contribution in [0.2, 0.25) is 0 Å². The van der Waals surface area contributed by atoms with Gasteiger partial charge in [-0.15, -0.1) is 0 Å². The van der Waals surface area contributed by atoms with E-state index in [2.05, 4.69) is 4.90 Å². The van der Waals surface area contributed by atoms with Crippen LogP contribution in [0.3, 0.4) is 0 Å². The van der Waals surface area contributed by atoms with E-state index in [1.165, 1.54) is 0 Å². The molecule has 1 aromatic carbocycles. The molecule has 1 saturated heterocycles. The minimum atomic E-state index is 0.245. The third kappa shape index (κ3) is 1.93. The van der Waals surface area contributed by atoms with Crippen LogP contribution in [-0.4, -0.2) is 33.4 Å². The summed E-state index contributed by atoms with van der Waals surface area (Å²) in [7, 11) is 3.35. The first-order valence-electron chi connectivity index (χ1n) is 5.47. The Morgan fingerprint density at radius 2 is 1.88 bits per heavy atom. The van der Waals surface area contributed by atoms with Crippen molar-refractivity contribution in [1.82, 2.24) is 0 Å². The first-order valence-corrected chi connectivity index (χ1v) is 5.47. The maximum atomic E-state index is 5.92. The Morgan fingerprint density at radius 3 is 2.31 bits per heavy atom. The maximum Gasteiger partial charge on any atom is 0.145 e. The number of rotatable bonds is 3. The molecule has 1 aliphatic heterocycles. The predicted octanol–water partition coefficient (Wildman–Crippen LogP) is 1.24. The molecule has 1 aliphatic rings. The topological polar surface area (TPSA) is 47.7 Å². The van der Waals surface area contributed by atoms with Gasteiger partial charge >= 0.3 is 0 Å². The van der Waals surface area contributed by atoms with Crippen molar-refractivity contribution in [3.05, 3.63) is 18.2 Å². The number of hydrogen-bond donors (Lipinski definition) is 1. The molecule has 4 heteroatoms. The number of hydrogen-bond acceptors (Lipinski definition) is 4. The molecule has 2 N–H and O–H groups in total. The molecule has 0 amide bonds. The second-order valence-electron chi connectivity index (χ2n) is 4.01. The number of anilines is 1. The van der Waals surface area contributed by atoms with E-state index in [1.807, 2.05) is 18.2 Å². The maximum absolute atomic E-state index is 5.92. The molecule has 1 fully saturated rings. The average molecular weight is 222 g/mol. The van der Waals surface area contributed by atoms with Crippen LogP contribution in [-0.2, 0) is 0 Å². The Hall–Kier alpha value is -1.42. The van der Waals surface area contributed by atoms with Crippen LogP contribution in [0.25, 0.3) is 0 Å². The first-order chi connectivity index (χ1) is 7.76. The molecule has 0 spiro atoms. The van der Waals surface area contributed by atoms with Gasteiger partial charge in [0.1, 0.15) is 17.2 Å². The third-order valence-electron chi connectivity index (χ3n) is 2.94. The summed E-state index contributed by atoms with van der Waals surface area (Å²) in [6.45, 7) is 1.81. The lowest BCUT2D eigenvalue weighted by atomic mass is 10.2. The van der Waals surface area contributed by atoms with E-state index in [1.54, 1.807) is 14.2 Å². The molecule has 16 heavy (non-hydrogen) atoms. The van der Waals surface area contributed by atoms with E-state index >= 15 is 0 Å². The zero-order valence-corrected chi connectivity index (χ0v) is 9.77. The fourth-order valence-corrected chi connectivity index (χ4v) is 2.13. The number of para-hydroxylation sites is 1. The minimum Gasteiger partial charge on any atom is -0.494 e. The van der Waals surface area contributed by atoms with Gasteiger partial charge in [0.25, 0.3) is 0 Å². The highest BCUT2D eigenvalue weighted by molar-refractivity contribution is 5.68. The van der Waals surface area contributed by atoms with E-state index in [9.17, 15) is 0 Å². The normalized spacial score (nSPS) is 19.9. The Labute approximate surface area is 95.9 Å². The smallest absolute Gasteiger partial charge is 0.145 e. The number of ether oxygens (including phenoxy) is 2. The summed E-state index contributed by atoms with van der Waals surface area (Å²) in [6.07, 6.45) is 1.02. The van der Waals surface area contributed by atoms with Crippen LogP contribution in [0.5, 0.6) is 11.5 Å². The van der Waals surface area contributed by atoms with Gasteiger partial charge in [-0.05, 0) is 18.6 Å². The molecule has 0 bridgehead atoms. The molecule has 0 radical (unpaired) electrons. The average Bonchev–Trinajstić information content (AvgIpc) is 2.74. The van der Waals surface area contributed by atoms with E-state index < -0.39 is 0 Å². The number of nitrogens with two attached hydrogens (primary N) is 1. The summed E-state index contributed by atoms with van der Waals surface area (Å²) in [5, 5.41) is 0. The van der Waals surface area contributed by atoms with Gasteiger partial charge < -0.3 is 20.1 Å². The highest BCUT2D eigenvalue weighted by Crippen LogP contribution is 2.38. The van der Waals surface area contributed by atoms with Crippen LogP contribution in [0.1, 0.15) is 6.42 Å². The molecule has 0 aromatic heterocycles. The molecule has 2 rings (SSSR count). The van der Waals surface area contributed by atoms with E-state index in [-0.39, 0.29) is 6.04 Å². The molecule has 0 saturated carbocycles. The summed E-state index contributed by atoms with van der Waals surface area (Å²) in [5.41, 5.74) is 6.94. The molecule has 88 valence electrons. The van der Waals surface area contributed by atoms with Gasteiger partial charge in [0.15, 0.2) is 0 Å². The van der Waals surface area contributed by atoms with Gasteiger partial charge in [-0.25, -0.2) is 0 Å². The lowest BCUT2D eigenvalue weighted by Gasteiger charge is -2.23. The molecule has 0 aliphatic carbocycles. The van der Waals surface area contributed by atoms with Crippen LogP contribution in [0.4, 0.5) is 5.69 Å². The Balaban J connectivity index is 2.36. The summed E-state index contributed by atoms with van der Waals surface area (Å²) < 4.78 is 10.7. The van der Waals surface area contributed by atoms with Crippen LogP contribution in [0, 0.1) is 0 Å². The van der Waals surface area contributed by atoms with E-state index in [4.69, 9.17) is 15.2 Å². The highest BCUT2D eigenvalue weighted by atomic mass is 16.5. The van der Waals surface area contributed by atoms with Crippen molar-refractivity contribution < 1.29 is 9.47 Å². The number of nitrogens with zero attached hydrogens (tertiary/aromatic N) is 1. The standard InChI is InChI=1S/C12H18N2O2/c1-15-10-4-3-5-11(16-2)12(10)14-7-6-9(13)8-14/h3-5,9H,6-8,13H2,1-2H3. The summed E-state index contributed by atoms with van der Waals surface area (Å²) in [6, 6.07) is 6.07. The first kappa shape index (κ1) is 11.1. The van der Waals surface area contributed by atoms with Gasteiger partial charge in [0, 0.05) is 19.1 Å². The van der Waals surface area contributed by atoms with Crippen molar-refractivity contribution in [1.29, 1.82) is 0 Å². The molecule has 1 atom stereocenters. The molecular weight excluding hydrogens is 204 g/mol. The second kappa shape index (κ2) is 4.61. The Bertz CT molecular complexity index is 346. The fraction of sp³-hybridized carbons (Fsp3) is 0.500. The molecule has 1 unspecified atom stereocenters. The molecule has 1 heterocycles. The van der Waals surface area contributed by atoms with Crippen LogP contribution >= 0.6 is 0 Å². The van der Waals surface area contributed by atoms with Gasteiger partial charge in [-0.3, -0.25) is 0 Å².